The van der Waals surface area contributed by atoms with Crippen molar-refractivity contribution in [3.63, 3.8) is 0 Å². The van der Waals surface area contributed by atoms with Gasteiger partial charge in [-0.3, -0.25) is 19.2 Å². The molecule has 0 amide bonds. The van der Waals surface area contributed by atoms with Crippen LogP contribution in [0.2, 0.25) is 0 Å². The summed E-state index contributed by atoms with van der Waals surface area (Å²) in [6.45, 7) is 9.72. The molecule has 4 heteroatoms. The normalized spacial score (nSPS) is 23.0. The Hall–Kier alpha value is -1.32. The van der Waals surface area contributed by atoms with Gasteiger partial charge < -0.3 is 0 Å². The Morgan fingerprint density at radius 3 is 1.68 bits per heavy atom. The van der Waals surface area contributed by atoms with Crippen molar-refractivity contribution in [2.24, 2.45) is 22.7 Å². The first-order chi connectivity index (χ1) is 8.44. The molecule has 0 N–H and O–H groups in total. The first-order valence-electron chi connectivity index (χ1n) is 6.60. The maximum atomic E-state index is 12.3. The van der Waals surface area contributed by atoms with Crippen molar-refractivity contribution in [2.45, 2.75) is 48.0 Å². The van der Waals surface area contributed by atoms with E-state index in [0.717, 1.165) is 0 Å². The number of ketones is 4. The van der Waals surface area contributed by atoms with Crippen LogP contribution in [0.5, 0.6) is 0 Å². The summed E-state index contributed by atoms with van der Waals surface area (Å²) < 4.78 is 0. The van der Waals surface area contributed by atoms with Crippen LogP contribution in [0.3, 0.4) is 0 Å². The van der Waals surface area contributed by atoms with Crippen LogP contribution in [-0.4, -0.2) is 23.1 Å². The van der Waals surface area contributed by atoms with Gasteiger partial charge in [0.15, 0.2) is 23.1 Å². The van der Waals surface area contributed by atoms with Gasteiger partial charge in [-0.15, -0.1) is 0 Å². The Balaban J connectivity index is 3.25. The van der Waals surface area contributed by atoms with Crippen LogP contribution >= 0.6 is 0 Å². The second kappa shape index (κ2) is 4.66. The highest BCUT2D eigenvalue weighted by atomic mass is 16.2. The fraction of sp³-hybridized carbons (Fsp3) is 0.733. The number of Topliss-reactive ketones (excluding diaryl/α,β-unsaturated/α-hetero) is 4. The molecule has 1 aliphatic rings. The third kappa shape index (κ3) is 2.40. The molecule has 0 aromatic heterocycles. The number of carbonyl (C=O) groups is 4. The molecule has 0 aromatic carbocycles. The number of rotatable bonds is 3. The van der Waals surface area contributed by atoms with Gasteiger partial charge in [0, 0.05) is 6.42 Å². The molecule has 0 aromatic rings. The van der Waals surface area contributed by atoms with Crippen molar-refractivity contribution < 1.29 is 19.2 Å². The molecule has 0 saturated heterocycles. The highest BCUT2D eigenvalue weighted by molar-refractivity contribution is 6.35. The Morgan fingerprint density at radius 2 is 1.37 bits per heavy atom. The van der Waals surface area contributed by atoms with Gasteiger partial charge in [0.1, 0.15) is 5.92 Å². The summed E-state index contributed by atoms with van der Waals surface area (Å²) in [4.78, 5) is 49.0. The van der Waals surface area contributed by atoms with E-state index in [1.165, 1.54) is 27.7 Å². The number of carbonyl (C=O) groups excluding carboxylic acids is 4. The van der Waals surface area contributed by atoms with E-state index in [4.69, 9.17) is 0 Å². The van der Waals surface area contributed by atoms with Gasteiger partial charge >= 0.3 is 0 Å². The quantitative estimate of drug-likeness (QED) is 0.733. The average Bonchev–Trinajstić information content (AvgIpc) is 2.25. The standard InChI is InChI=1S/C15H22O4/c1-8(2)7-9(16)10-11(17)14(3,4)13(19)15(5,6)12(10)18/h8,10H,7H2,1-6H3. The Bertz CT molecular complexity index is 425. The van der Waals surface area contributed by atoms with Crippen LogP contribution in [0.25, 0.3) is 0 Å². The van der Waals surface area contributed by atoms with Gasteiger partial charge in [0.05, 0.1) is 10.8 Å². The second-order valence-electron chi connectivity index (χ2n) is 6.80. The molecule has 1 fully saturated rings. The van der Waals surface area contributed by atoms with E-state index < -0.39 is 34.1 Å². The lowest BCUT2D eigenvalue weighted by molar-refractivity contribution is -0.161. The molecule has 0 bridgehead atoms. The van der Waals surface area contributed by atoms with Crippen LogP contribution in [0.4, 0.5) is 0 Å². The van der Waals surface area contributed by atoms with E-state index in [9.17, 15) is 19.2 Å². The van der Waals surface area contributed by atoms with E-state index in [-0.39, 0.29) is 18.1 Å². The van der Waals surface area contributed by atoms with Gasteiger partial charge in [-0.2, -0.15) is 0 Å². The minimum atomic E-state index is -1.27. The lowest BCUT2D eigenvalue weighted by Crippen LogP contribution is -2.59. The fourth-order valence-electron chi connectivity index (χ4n) is 2.66. The average molecular weight is 266 g/mol. The van der Waals surface area contributed by atoms with Crippen LogP contribution in [0.1, 0.15) is 48.0 Å². The summed E-state index contributed by atoms with van der Waals surface area (Å²) in [6.07, 6.45) is 0.183. The zero-order chi connectivity index (χ0) is 15.2. The largest absolute Gasteiger partial charge is 0.298 e. The summed E-state index contributed by atoms with van der Waals surface area (Å²) >= 11 is 0. The zero-order valence-corrected chi connectivity index (χ0v) is 12.5. The van der Waals surface area contributed by atoms with Gasteiger partial charge in [-0.1, -0.05) is 13.8 Å². The predicted octanol–water partition coefficient (Wildman–Crippen LogP) is 1.99. The van der Waals surface area contributed by atoms with E-state index in [1.807, 2.05) is 13.8 Å². The smallest absolute Gasteiger partial charge is 0.163 e. The highest BCUT2D eigenvalue weighted by Crippen LogP contribution is 2.41. The summed E-state index contributed by atoms with van der Waals surface area (Å²) in [5.74, 6) is -3.05. The molecule has 0 atom stereocenters. The molecule has 1 rings (SSSR count). The molecular weight excluding hydrogens is 244 g/mol. The molecule has 0 heterocycles. The molecule has 0 spiro atoms. The molecule has 1 saturated carbocycles. The first kappa shape index (κ1) is 15.7. The van der Waals surface area contributed by atoms with E-state index in [0.29, 0.717) is 0 Å². The SMILES string of the molecule is CC(C)CC(=O)C1C(=O)C(C)(C)C(=O)C(C)(C)C1=O. The highest BCUT2D eigenvalue weighted by Gasteiger charge is 2.59. The summed E-state index contributed by atoms with van der Waals surface area (Å²) in [5, 5.41) is 0. The van der Waals surface area contributed by atoms with E-state index >= 15 is 0 Å². The maximum Gasteiger partial charge on any atom is 0.163 e. The fourth-order valence-corrected chi connectivity index (χ4v) is 2.66. The summed E-state index contributed by atoms with van der Waals surface area (Å²) in [7, 11) is 0. The van der Waals surface area contributed by atoms with Crippen molar-refractivity contribution in [3.8, 4) is 0 Å². The Kier molecular flexibility index (Phi) is 3.86. The molecule has 19 heavy (non-hydrogen) atoms. The van der Waals surface area contributed by atoms with Crippen molar-refractivity contribution in [2.75, 3.05) is 0 Å². The molecule has 106 valence electrons. The molecule has 0 aliphatic heterocycles. The minimum Gasteiger partial charge on any atom is -0.298 e. The zero-order valence-electron chi connectivity index (χ0n) is 12.5. The monoisotopic (exact) mass is 266 g/mol. The molecule has 0 unspecified atom stereocenters. The van der Waals surface area contributed by atoms with Gasteiger partial charge in [0.25, 0.3) is 0 Å². The van der Waals surface area contributed by atoms with Crippen molar-refractivity contribution in [3.05, 3.63) is 0 Å². The van der Waals surface area contributed by atoms with Crippen LogP contribution in [-0.2, 0) is 19.2 Å². The van der Waals surface area contributed by atoms with E-state index in [2.05, 4.69) is 0 Å². The lowest BCUT2D eigenvalue weighted by atomic mass is 9.57. The summed E-state index contributed by atoms with van der Waals surface area (Å²) in [6, 6.07) is 0. The van der Waals surface area contributed by atoms with Gasteiger partial charge in [0.2, 0.25) is 0 Å². The molecule has 1 aliphatic carbocycles. The van der Waals surface area contributed by atoms with E-state index in [1.54, 1.807) is 0 Å². The first-order valence-corrected chi connectivity index (χ1v) is 6.60. The van der Waals surface area contributed by atoms with Crippen molar-refractivity contribution in [1.82, 2.24) is 0 Å². The van der Waals surface area contributed by atoms with Gasteiger partial charge in [-0.25, -0.2) is 0 Å². The van der Waals surface area contributed by atoms with Crippen molar-refractivity contribution >= 4 is 23.1 Å². The van der Waals surface area contributed by atoms with Crippen LogP contribution in [0.15, 0.2) is 0 Å². The topological polar surface area (TPSA) is 68.3 Å². The van der Waals surface area contributed by atoms with Gasteiger partial charge in [-0.05, 0) is 33.6 Å². The second-order valence-corrected chi connectivity index (χ2v) is 6.80. The lowest BCUT2D eigenvalue weighted by Gasteiger charge is -2.40. The third-order valence-electron chi connectivity index (χ3n) is 3.82. The van der Waals surface area contributed by atoms with Crippen LogP contribution < -0.4 is 0 Å². The summed E-state index contributed by atoms with van der Waals surface area (Å²) in [5.41, 5.74) is -2.54. The van der Waals surface area contributed by atoms with Crippen molar-refractivity contribution in [1.29, 1.82) is 0 Å². The number of hydrogen-bond acceptors (Lipinski definition) is 4. The minimum absolute atomic E-state index is 0.0805. The third-order valence-corrected chi connectivity index (χ3v) is 3.82. The Labute approximate surface area is 113 Å². The number of hydrogen-bond donors (Lipinski definition) is 0. The molecular formula is C15H22O4. The predicted molar refractivity (Wildman–Crippen MR) is 70.5 cm³/mol. The Morgan fingerprint density at radius 1 is 1.00 bits per heavy atom. The maximum absolute atomic E-state index is 12.3. The van der Waals surface area contributed by atoms with Crippen LogP contribution in [0, 0.1) is 22.7 Å². The molecule has 4 nitrogen and oxygen atoms in total. The molecule has 0 radical (unpaired) electrons.